The molecule has 1 unspecified atom stereocenters. The number of nitro benzene ring substituents is 1. The Morgan fingerprint density at radius 1 is 1.12 bits per heavy atom. The average molecular weight is 460 g/mol. The van der Waals surface area contributed by atoms with Crippen LogP contribution in [0, 0.1) is 10.1 Å². The van der Waals surface area contributed by atoms with E-state index in [2.05, 4.69) is 20.5 Å². The SMILES string of the molecule is CC(Nc1ccc(C(=O)Nc2ccc(CCN3CCCC3)cc2)cc1[N+](=O)[O-])c1ccccn1. The lowest BCUT2D eigenvalue weighted by molar-refractivity contribution is -0.384. The van der Waals surface area contributed by atoms with Crippen LogP contribution in [0.4, 0.5) is 17.1 Å². The van der Waals surface area contributed by atoms with Gasteiger partial charge in [0.15, 0.2) is 0 Å². The average Bonchev–Trinajstić information content (AvgIpc) is 3.38. The summed E-state index contributed by atoms with van der Waals surface area (Å²) in [5.41, 5.74) is 3.04. The van der Waals surface area contributed by atoms with Gasteiger partial charge in [-0.15, -0.1) is 0 Å². The van der Waals surface area contributed by atoms with Crippen LogP contribution < -0.4 is 10.6 Å². The molecule has 1 aliphatic heterocycles. The summed E-state index contributed by atoms with van der Waals surface area (Å²) in [5.74, 6) is -0.391. The van der Waals surface area contributed by atoms with E-state index in [9.17, 15) is 14.9 Å². The lowest BCUT2D eigenvalue weighted by Gasteiger charge is -2.15. The van der Waals surface area contributed by atoms with E-state index in [1.807, 2.05) is 49.4 Å². The molecular weight excluding hydrogens is 430 g/mol. The number of nitrogens with one attached hydrogen (secondary N) is 2. The predicted octanol–water partition coefficient (Wildman–Crippen LogP) is 5.05. The van der Waals surface area contributed by atoms with E-state index < -0.39 is 10.8 Å². The van der Waals surface area contributed by atoms with Crippen LogP contribution in [0.3, 0.4) is 0 Å². The van der Waals surface area contributed by atoms with E-state index in [1.54, 1.807) is 18.3 Å². The van der Waals surface area contributed by atoms with Gasteiger partial charge in [-0.3, -0.25) is 19.9 Å². The smallest absolute Gasteiger partial charge is 0.293 e. The Morgan fingerprint density at radius 2 is 1.88 bits per heavy atom. The first kappa shape index (κ1) is 23.4. The molecule has 0 saturated carbocycles. The van der Waals surface area contributed by atoms with Crippen molar-refractivity contribution in [2.24, 2.45) is 0 Å². The lowest BCUT2D eigenvalue weighted by Crippen LogP contribution is -2.21. The van der Waals surface area contributed by atoms with Crippen LogP contribution in [0.5, 0.6) is 0 Å². The van der Waals surface area contributed by atoms with Gasteiger partial charge in [-0.1, -0.05) is 18.2 Å². The minimum Gasteiger partial charge on any atom is -0.371 e. The van der Waals surface area contributed by atoms with E-state index in [-0.39, 0.29) is 17.3 Å². The molecule has 1 fully saturated rings. The van der Waals surface area contributed by atoms with Gasteiger partial charge in [-0.25, -0.2) is 0 Å². The number of amides is 1. The molecule has 2 aromatic carbocycles. The van der Waals surface area contributed by atoms with Crippen molar-refractivity contribution in [3.8, 4) is 0 Å². The number of carbonyl (C=O) groups excluding carboxylic acids is 1. The minimum absolute atomic E-state index is 0.160. The molecule has 176 valence electrons. The number of nitrogens with zero attached hydrogens (tertiary/aromatic N) is 3. The van der Waals surface area contributed by atoms with Gasteiger partial charge in [0.05, 0.1) is 16.7 Å². The monoisotopic (exact) mass is 459 g/mol. The van der Waals surface area contributed by atoms with Crippen LogP contribution in [-0.4, -0.2) is 40.3 Å². The number of nitro groups is 1. The van der Waals surface area contributed by atoms with Crippen molar-refractivity contribution in [1.29, 1.82) is 0 Å². The molecule has 0 bridgehead atoms. The van der Waals surface area contributed by atoms with Crippen molar-refractivity contribution in [1.82, 2.24) is 9.88 Å². The number of likely N-dealkylation sites (tertiary alicyclic amines) is 1. The molecule has 1 aromatic heterocycles. The number of rotatable bonds is 9. The highest BCUT2D eigenvalue weighted by Gasteiger charge is 2.20. The number of aromatic nitrogens is 1. The van der Waals surface area contributed by atoms with Gasteiger partial charge >= 0.3 is 0 Å². The van der Waals surface area contributed by atoms with Crippen molar-refractivity contribution in [2.75, 3.05) is 30.3 Å². The second-order valence-electron chi connectivity index (χ2n) is 8.56. The fraction of sp³-hybridized carbons (Fsp3) is 0.308. The Bertz CT molecular complexity index is 1130. The quantitative estimate of drug-likeness (QED) is 0.343. The molecule has 0 spiro atoms. The highest BCUT2D eigenvalue weighted by Crippen LogP contribution is 2.29. The summed E-state index contributed by atoms with van der Waals surface area (Å²) in [6.45, 7) is 5.28. The van der Waals surface area contributed by atoms with E-state index in [1.165, 1.54) is 37.6 Å². The summed E-state index contributed by atoms with van der Waals surface area (Å²) in [5, 5.41) is 17.6. The van der Waals surface area contributed by atoms with Gasteiger partial charge in [-0.05, 0) is 81.2 Å². The maximum atomic E-state index is 12.8. The molecule has 34 heavy (non-hydrogen) atoms. The third-order valence-corrected chi connectivity index (χ3v) is 6.09. The molecule has 1 amide bonds. The van der Waals surface area contributed by atoms with Crippen molar-refractivity contribution < 1.29 is 9.72 Å². The second-order valence-corrected chi connectivity index (χ2v) is 8.56. The van der Waals surface area contributed by atoms with Gasteiger partial charge in [0.25, 0.3) is 11.6 Å². The van der Waals surface area contributed by atoms with Gasteiger partial charge < -0.3 is 15.5 Å². The summed E-state index contributed by atoms with van der Waals surface area (Å²) >= 11 is 0. The first-order valence-electron chi connectivity index (χ1n) is 11.6. The van der Waals surface area contributed by atoms with Gasteiger partial charge in [-0.2, -0.15) is 0 Å². The molecule has 0 radical (unpaired) electrons. The molecule has 8 nitrogen and oxygen atoms in total. The molecule has 2 N–H and O–H groups in total. The zero-order chi connectivity index (χ0) is 23.9. The molecule has 4 rings (SSSR count). The van der Waals surface area contributed by atoms with E-state index in [4.69, 9.17) is 0 Å². The molecule has 1 saturated heterocycles. The second kappa shape index (κ2) is 10.9. The fourth-order valence-electron chi connectivity index (χ4n) is 4.14. The first-order valence-corrected chi connectivity index (χ1v) is 11.6. The van der Waals surface area contributed by atoms with E-state index in [0.29, 0.717) is 11.4 Å². The molecule has 1 atom stereocenters. The Balaban J connectivity index is 1.40. The first-order chi connectivity index (χ1) is 16.5. The topological polar surface area (TPSA) is 100 Å². The zero-order valence-corrected chi connectivity index (χ0v) is 19.2. The van der Waals surface area contributed by atoms with E-state index >= 15 is 0 Å². The molecule has 1 aliphatic rings. The van der Waals surface area contributed by atoms with Gasteiger partial charge in [0, 0.05) is 30.1 Å². The van der Waals surface area contributed by atoms with E-state index in [0.717, 1.165) is 18.7 Å². The van der Waals surface area contributed by atoms with Crippen molar-refractivity contribution >= 4 is 23.0 Å². The van der Waals surface area contributed by atoms with Crippen LogP contribution in [0.25, 0.3) is 0 Å². The highest BCUT2D eigenvalue weighted by molar-refractivity contribution is 6.05. The largest absolute Gasteiger partial charge is 0.371 e. The molecule has 8 heteroatoms. The van der Waals surface area contributed by atoms with Gasteiger partial charge in [0.1, 0.15) is 5.69 Å². The third-order valence-electron chi connectivity index (χ3n) is 6.09. The van der Waals surface area contributed by atoms with Crippen LogP contribution in [-0.2, 0) is 6.42 Å². The standard InChI is InChI=1S/C26H29N5O3/c1-19(23-6-2-3-14-27-23)28-24-12-9-21(18-25(24)31(33)34)26(32)29-22-10-7-20(8-11-22)13-17-30-15-4-5-16-30/h2-3,6-12,14,18-19,28H,4-5,13,15-17H2,1H3,(H,29,32). The zero-order valence-electron chi connectivity index (χ0n) is 19.2. The Labute approximate surface area is 199 Å². The van der Waals surface area contributed by atoms with Crippen LogP contribution >= 0.6 is 0 Å². The third kappa shape index (κ3) is 5.96. The number of hydrogen-bond donors (Lipinski definition) is 2. The van der Waals surface area contributed by atoms with Crippen molar-refractivity contribution in [3.63, 3.8) is 0 Å². The van der Waals surface area contributed by atoms with Crippen molar-refractivity contribution in [2.45, 2.75) is 32.2 Å². The number of anilines is 2. The fourth-order valence-corrected chi connectivity index (χ4v) is 4.14. The molecule has 2 heterocycles. The molecule has 3 aromatic rings. The molecule has 0 aliphatic carbocycles. The summed E-state index contributed by atoms with van der Waals surface area (Å²) in [7, 11) is 0. The summed E-state index contributed by atoms with van der Waals surface area (Å²) in [6, 6.07) is 17.5. The highest BCUT2D eigenvalue weighted by atomic mass is 16.6. The Kier molecular flexibility index (Phi) is 7.49. The summed E-state index contributed by atoms with van der Waals surface area (Å²) in [4.78, 5) is 30.7. The Hall–Kier alpha value is -3.78. The number of carbonyl (C=O) groups is 1. The summed E-state index contributed by atoms with van der Waals surface area (Å²) < 4.78 is 0. The number of pyridine rings is 1. The van der Waals surface area contributed by atoms with Crippen LogP contribution in [0.2, 0.25) is 0 Å². The number of hydrogen-bond acceptors (Lipinski definition) is 6. The lowest BCUT2D eigenvalue weighted by atomic mass is 10.1. The minimum atomic E-state index is -0.487. The molecular formula is C26H29N5O3. The van der Waals surface area contributed by atoms with Gasteiger partial charge in [0.2, 0.25) is 0 Å². The van der Waals surface area contributed by atoms with Crippen molar-refractivity contribution in [3.05, 3.63) is 93.8 Å². The maximum Gasteiger partial charge on any atom is 0.293 e. The normalized spacial score (nSPS) is 14.5. The van der Waals surface area contributed by atoms with Crippen LogP contribution in [0.15, 0.2) is 66.9 Å². The summed E-state index contributed by atoms with van der Waals surface area (Å²) in [6.07, 6.45) is 5.22. The van der Waals surface area contributed by atoms with Crippen LogP contribution in [0.1, 0.15) is 47.4 Å². The number of benzene rings is 2. The Morgan fingerprint density at radius 3 is 2.56 bits per heavy atom. The maximum absolute atomic E-state index is 12.8. The predicted molar refractivity (Wildman–Crippen MR) is 133 cm³/mol.